The first-order chi connectivity index (χ1) is 27.1. The zero-order chi connectivity index (χ0) is 36.7. The van der Waals surface area contributed by atoms with E-state index in [-0.39, 0.29) is 5.41 Å². The van der Waals surface area contributed by atoms with Crippen molar-refractivity contribution < 1.29 is 0 Å². The smallest absolute Gasteiger partial charge is 0.0171 e. The topological polar surface area (TPSA) is 0 Å². The SMILES string of the molecule is CC1(C)c2c(-c3ccc(-c4c5ccccc5c(-c5ccccc5-c5ccc6ccccc6c5)c5ccccc45)cc3)cccc2-c2ccc3ccccc3c21. The summed E-state index contributed by atoms with van der Waals surface area (Å²) in [6.07, 6.45) is 0. The van der Waals surface area contributed by atoms with Gasteiger partial charge in [-0.2, -0.15) is 0 Å². The maximum atomic E-state index is 2.40. The summed E-state index contributed by atoms with van der Waals surface area (Å²) in [4.78, 5) is 0. The number of fused-ring (bicyclic) bond motifs is 8. The van der Waals surface area contributed by atoms with Crippen molar-refractivity contribution in [2.45, 2.75) is 19.3 Å². The molecule has 258 valence electrons. The molecule has 0 spiro atoms. The van der Waals surface area contributed by atoms with E-state index in [1.807, 2.05) is 0 Å². The Labute approximate surface area is 322 Å². The highest BCUT2D eigenvalue weighted by atomic mass is 14.4. The van der Waals surface area contributed by atoms with E-state index in [4.69, 9.17) is 0 Å². The summed E-state index contributed by atoms with van der Waals surface area (Å²) in [6.45, 7) is 4.81. The Kier molecular flexibility index (Phi) is 7.00. The summed E-state index contributed by atoms with van der Waals surface area (Å²) in [6, 6.07) is 72.0. The Balaban J connectivity index is 1.07. The molecule has 0 atom stereocenters. The van der Waals surface area contributed by atoms with E-state index >= 15 is 0 Å². The number of benzene rings is 10. The molecular weight excluding hydrogens is 661 g/mol. The third-order valence-electron chi connectivity index (χ3n) is 12.2. The molecular formula is C55H38. The van der Waals surface area contributed by atoms with Gasteiger partial charge in [-0.25, -0.2) is 0 Å². The third-order valence-corrected chi connectivity index (χ3v) is 12.2. The molecule has 0 nitrogen and oxygen atoms in total. The average molecular weight is 699 g/mol. The van der Waals surface area contributed by atoms with Crippen LogP contribution in [0.3, 0.4) is 0 Å². The highest BCUT2D eigenvalue weighted by Gasteiger charge is 2.38. The van der Waals surface area contributed by atoms with Gasteiger partial charge in [0, 0.05) is 5.41 Å². The number of hydrogen-bond acceptors (Lipinski definition) is 0. The third kappa shape index (κ3) is 4.78. The molecule has 0 saturated carbocycles. The summed E-state index contributed by atoms with van der Waals surface area (Å²) in [5.74, 6) is 0. The van der Waals surface area contributed by atoms with Gasteiger partial charge in [-0.15, -0.1) is 0 Å². The molecule has 0 bridgehead atoms. The van der Waals surface area contributed by atoms with E-state index in [2.05, 4.69) is 208 Å². The molecule has 10 aromatic rings. The fourth-order valence-electron chi connectivity index (χ4n) is 9.84. The molecule has 0 aliphatic heterocycles. The van der Waals surface area contributed by atoms with E-state index in [1.165, 1.54) is 110 Å². The maximum Gasteiger partial charge on any atom is 0.0171 e. The van der Waals surface area contributed by atoms with Gasteiger partial charge in [0.15, 0.2) is 0 Å². The molecule has 55 heavy (non-hydrogen) atoms. The molecule has 0 aromatic heterocycles. The Hall–Kier alpha value is -6.76. The molecule has 1 aliphatic carbocycles. The molecule has 0 heterocycles. The van der Waals surface area contributed by atoms with Gasteiger partial charge in [-0.05, 0) is 116 Å². The summed E-state index contributed by atoms with van der Waals surface area (Å²) < 4.78 is 0. The summed E-state index contributed by atoms with van der Waals surface area (Å²) in [5, 5.41) is 10.2. The van der Waals surface area contributed by atoms with E-state index < -0.39 is 0 Å². The molecule has 0 fully saturated rings. The zero-order valence-electron chi connectivity index (χ0n) is 31.0. The van der Waals surface area contributed by atoms with Crippen molar-refractivity contribution in [3.05, 3.63) is 205 Å². The van der Waals surface area contributed by atoms with E-state index in [1.54, 1.807) is 0 Å². The highest BCUT2D eigenvalue weighted by Crippen LogP contribution is 2.54. The van der Waals surface area contributed by atoms with Gasteiger partial charge >= 0.3 is 0 Å². The van der Waals surface area contributed by atoms with Crippen molar-refractivity contribution in [3.8, 4) is 55.6 Å². The summed E-state index contributed by atoms with van der Waals surface area (Å²) in [7, 11) is 0. The Morgan fingerprint density at radius 3 is 1.45 bits per heavy atom. The summed E-state index contributed by atoms with van der Waals surface area (Å²) in [5.41, 5.74) is 15.5. The second-order valence-electron chi connectivity index (χ2n) is 15.6. The van der Waals surface area contributed by atoms with Crippen molar-refractivity contribution in [1.82, 2.24) is 0 Å². The lowest BCUT2D eigenvalue weighted by Gasteiger charge is -2.26. The van der Waals surface area contributed by atoms with Crippen molar-refractivity contribution in [3.63, 3.8) is 0 Å². The second-order valence-corrected chi connectivity index (χ2v) is 15.6. The molecule has 0 heteroatoms. The lowest BCUT2D eigenvalue weighted by Crippen LogP contribution is -2.16. The first-order valence-corrected chi connectivity index (χ1v) is 19.4. The minimum absolute atomic E-state index is 0.133. The fraction of sp³-hybridized carbons (Fsp3) is 0.0545. The fourth-order valence-corrected chi connectivity index (χ4v) is 9.84. The Morgan fingerprint density at radius 1 is 0.273 bits per heavy atom. The van der Waals surface area contributed by atoms with Gasteiger partial charge < -0.3 is 0 Å². The Bertz CT molecular complexity index is 3100. The average Bonchev–Trinajstić information content (AvgIpc) is 3.49. The lowest BCUT2D eigenvalue weighted by atomic mass is 9.77. The van der Waals surface area contributed by atoms with Crippen molar-refractivity contribution in [2.24, 2.45) is 0 Å². The second kappa shape index (κ2) is 12.1. The van der Waals surface area contributed by atoms with Crippen molar-refractivity contribution in [2.75, 3.05) is 0 Å². The van der Waals surface area contributed by atoms with Crippen LogP contribution in [0.4, 0.5) is 0 Å². The number of hydrogen-bond donors (Lipinski definition) is 0. The standard InChI is InChI=1S/C55H38/c1-55(2)53-43(24-13-25-49(53)50-33-32-36-15-5-6-18-42(36)54(50)55)37-27-29-38(30-28-37)51-45-20-9-11-22-47(45)52(48-23-12-10-21-46(48)51)44-19-8-7-17-41(44)40-31-26-35-14-3-4-16-39(35)34-40/h3-34H,1-2H3. The predicted octanol–water partition coefficient (Wildman–Crippen LogP) is 15.3. The van der Waals surface area contributed by atoms with Gasteiger partial charge in [0.05, 0.1) is 0 Å². The maximum absolute atomic E-state index is 2.40. The molecule has 0 saturated heterocycles. The van der Waals surface area contributed by atoms with Gasteiger partial charge in [0.25, 0.3) is 0 Å². The van der Waals surface area contributed by atoms with Crippen LogP contribution in [0.5, 0.6) is 0 Å². The molecule has 0 radical (unpaired) electrons. The largest absolute Gasteiger partial charge is 0.0616 e. The lowest BCUT2D eigenvalue weighted by molar-refractivity contribution is 0.668. The van der Waals surface area contributed by atoms with Crippen LogP contribution < -0.4 is 0 Å². The van der Waals surface area contributed by atoms with Crippen molar-refractivity contribution >= 4 is 43.1 Å². The summed E-state index contributed by atoms with van der Waals surface area (Å²) >= 11 is 0. The first-order valence-electron chi connectivity index (χ1n) is 19.4. The Morgan fingerprint density at radius 2 is 0.745 bits per heavy atom. The minimum Gasteiger partial charge on any atom is -0.0616 e. The van der Waals surface area contributed by atoms with Gasteiger partial charge in [0.2, 0.25) is 0 Å². The molecule has 0 amide bonds. The van der Waals surface area contributed by atoms with Gasteiger partial charge in [0.1, 0.15) is 0 Å². The van der Waals surface area contributed by atoms with Crippen molar-refractivity contribution in [1.29, 1.82) is 0 Å². The van der Waals surface area contributed by atoms with Crippen LogP contribution in [-0.4, -0.2) is 0 Å². The van der Waals surface area contributed by atoms with Crippen LogP contribution in [0.2, 0.25) is 0 Å². The molecule has 11 rings (SSSR count). The first kappa shape index (κ1) is 31.7. The van der Waals surface area contributed by atoms with Crippen LogP contribution in [-0.2, 0) is 5.41 Å². The minimum atomic E-state index is -0.133. The predicted molar refractivity (Wildman–Crippen MR) is 236 cm³/mol. The normalized spacial score (nSPS) is 13.1. The molecule has 10 aromatic carbocycles. The van der Waals surface area contributed by atoms with Gasteiger partial charge in [-0.3, -0.25) is 0 Å². The van der Waals surface area contributed by atoms with Crippen LogP contribution in [0.25, 0.3) is 98.7 Å². The van der Waals surface area contributed by atoms with Crippen LogP contribution in [0, 0.1) is 0 Å². The van der Waals surface area contributed by atoms with E-state index in [0.29, 0.717) is 0 Å². The number of rotatable bonds is 4. The highest BCUT2D eigenvalue weighted by molar-refractivity contribution is 6.22. The monoisotopic (exact) mass is 698 g/mol. The molecule has 0 unspecified atom stereocenters. The van der Waals surface area contributed by atoms with Crippen LogP contribution in [0.1, 0.15) is 25.0 Å². The molecule has 1 aliphatic rings. The molecule has 0 N–H and O–H groups in total. The van der Waals surface area contributed by atoms with Crippen LogP contribution in [0.15, 0.2) is 194 Å². The quantitative estimate of drug-likeness (QED) is 0.161. The van der Waals surface area contributed by atoms with Gasteiger partial charge in [-0.1, -0.05) is 202 Å². The zero-order valence-corrected chi connectivity index (χ0v) is 31.0. The van der Waals surface area contributed by atoms with E-state index in [0.717, 1.165) is 0 Å². The van der Waals surface area contributed by atoms with Crippen LogP contribution >= 0.6 is 0 Å². The van der Waals surface area contributed by atoms with E-state index in [9.17, 15) is 0 Å².